The molecule has 1 amide bonds. The Morgan fingerprint density at radius 2 is 1.68 bits per heavy atom. The molecule has 5 nitrogen and oxygen atoms in total. The second-order valence-electron chi connectivity index (χ2n) is 5.08. The van der Waals surface area contributed by atoms with Crippen LogP contribution in [0.1, 0.15) is 15.9 Å². The Morgan fingerprint density at radius 3 is 2.24 bits per heavy atom. The molecule has 0 saturated carbocycles. The van der Waals surface area contributed by atoms with Gasteiger partial charge in [-0.2, -0.15) is 0 Å². The summed E-state index contributed by atoms with van der Waals surface area (Å²) in [4.78, 5) is 23.9. The molecule has 0 fully saturated rings. The fourth-order valence-corrected chi connectivity index (χ4v) is 2.92. The zero-order chi connectivity index (χ0) is 18.6. The number of hydrogen-bond acceptors (Lipinski definition) is 4. The summed E-state index contributed by atoms with van der Waals surface area (Å²) in [6, 6.07) is 7.88. The van der Waals surface area contributed by atoms with E-state index >= 15 is 0 Å². The number of anilines is 1. The molecule has 0 bridgehead atoms. The minimum absolute atomic E-state index is 0.108. The normalized spacial score (nSPS) is 10.3. The number of benzene rings is 2. The molecule has 0 aliphatic rings. The summed E-state index contributed by atoms with van der Waals surface area (Å²) in [5, 5.41) is 3.29. The molecule has 0 aliphatic carbocycles. The predicted octanol–water partition coefficient (Wildman–Crippen LogP) is 4.76. The SMILES string of the molecule is COc1c(Cl)cc(C(=O)OCC(=O)Nc2ccc(C)cc2Cl)cc1Cl. The van der Waals surface area contributed by atoms with Crippen molar-refractivity contribution in [3.63, 3.8) is 0 Å². The number of aryl methyl sites for hydroxylation is 1. The molecule has 0 heterocycles. The number of esters is 1. The molecule has 2 aromatic rings. The molecule has 2 rings (SSSR count). The van der Waals surface area contributed by atoms with Crippen LogP contribution < -0.4 is 10.1 Å². The third-order valence-corrected chi connectivity index (χ3v) is 4.05. The summed E-state index contributed by atoms with van der Waals surface area (Å²) < 4.78 is 9.96. The first-order valence-electron chi connectivity index (χ1n) is 7.08. The zero-order valence-electron chi connectivity index (χ0n) is 13.4. The fourth-order valence-electron chi connectivity index (χ4n) is 1.99. The van der Waals surface area contributed by atoms with E-state index < -0.39 is 18.5 Å². The smallest absolute Gasteiger partial charge is 0.338 e. The molecule has 0 aliphatic heterocycles. The van der Waals surface area contributed by atoms with Gasteiger partial charge >= 0.3 is 5.97 Å². The molecule has 0 atom stereocenters. The van der Waals surface area contributed by atoms with Gasteiger partial charge in [-0.25, -0.2) is 4.79 Å². The maximum atomic E-state index is 12.0. The van der Waals surface area contributed by atoms with Gasteiger partial charge in [0.15, 0.2) is 12.4 Å². The lowest BCUT2D eigenvalue weighted by atomic mass is 10.2. The van der Waals surface area contributed by atoms with Gasteiger partial charge in [-0.15, -0.1) is 0 Å². The molecule has 2 aromatic carbocycles. The Morgan fingerprint density at radius 1 is 1.04 bits per heavy atom. The van der Waals surface area contributed by atoms with Crippen LogP contribution >= 0.6 is 34.8 Å². The highest BCUT2D eigenvalue weighted by molar-refractivity contribution is 6.37. The van der Waals surface area contributed by atoms with E-state index in [2.05, 4.69) is 5.32 Å². The molecule has 0 spiro atoms. The molecular formula is C17H14Cl3NO4. The number of amides is 1. The van der Waals surface area contributed by atoms with E-state index in [-0.39, 0.29) is 21.4 Å². The number of ether oxygens (including phenoxy) is 2. The largest absolute Gasteiger partial charge is 0.494 e. The van der Waals surface area contributed by atoms with Crippen LogP contribution in [0.3, 0.4) is 0 Å². The highest BCUT2D eigenvalue weighted by atomic mass is 35.5. The van der Waals surface area contributed by atoms with E-state index in [1.807, 2.05) is 6.92 Å². The average molecular weight is 403 g/mol. The highest BCUT2D eigenvalue weighted by Gasteiger charge is 2.16. The first-order chi connectivity index (χ1) is 11.8. The van der Waals surface area contributed by atoms with Gasteiger partial charge in [-0.1, -0.05) is 40.9 Å². The Kier molecular flexibility index (Phi) is 6.53. The predicted molar refractivity (Wildman–Crippen MR) is 98.1 cm³/mol. The first-order valence-corrected chi connectivity index (χ1v) is 8.21. The van der Waals surface area contributed by atoms with Crippen LogP contribution in [0, 0.1) is 6.92 Å². The maximum absolute atomic E-state index is 12.0. The number of methoxy groups -OCH3 is 1. The second kappa shape index (κ2) is 8.43. The lowest BCUT2D eigenvalue weighted by Crippen LogP contribution is -2.21. The van der Waals surface area contributed by atoms with E-state index in [0.717, 1.165) is 5.56 Å². The van der Waals surface area contributed by atoms with Crippen LogP contribution in [-0.2, 0) is 9.53 Å². The summed E-state index contributed by atoms with van der Waals surface area (Å²) in [6.45, 7) is 1.40. The van der Waals surface area contributed by atoms with Gasteiger partial charge in [-0.05, 0) is 36.8 Å². The van der Waals surface area contributed by atoms with Gasteiger partial charge in [0.1, 0.15) is 0 Å². The van der Waals surface area contributed by atoms with E-state index in [4.69, 9.17) is 44.3 Å². The van der Waals surface area contributed by atoms with Crippen molar-refractivity contribution in [1.82, 2.24) is 0 Å². The summed E-state index contributed by atoms with van der Waals surface area (Å²) >= 11 is 18.0. The number of nitrogens with one attached hydrogen (secondary N) is 1. The van der Waals surface area contributed by atoms with E-state index in [1.54, 1.807) is 18.2 Å². The van der Waals surface area contributed by atoms with Crippen LogP contribution in [0.4, 0.5) is 5.69 Å². The monoisotopic (exact) mass is 401 g/mol. The number of hydrogen-bond donors (Lipinski definition) is 1. The molecular weight excluding hydrogens is 389 g/mol. The molecule has 0 aromatic heterocycles. The Hall–Kier alpha value is -1.95. The van der Waals surface area contributed by atoms with Gasteiger partial charge in [-0.3, -0.25) is 4.79 Å². The van der Waals surface area contributed by atoms with Crippen molar-refractivity contribution >= 4 is 52.4 Å². The third-order valence-electron chi connectivity index (χ3n) is 3.17. The van der Waals surface area contributed by atoms with Crippen molar-refractivity contribution in [3.8, 4) is 5.75 Å². The fraction of sp³-hybridized carbons (Fsp3) is 0.176. The van der Waals surface area contributed by atoms with Crippen molar-refractivity contribution in [3.05, 3.63) is 56.5 Å². The molecule has 0 unspecified atom stereocenters. The lowest BCUT2D eigenvalue weighted by molar-refractivity contribution is -0.119. The van der Waals surface area contributed by atoms with Gasteiger partial charge < -0.3 is 14.8 Å². The van der Waals surface area contributed by atoms with Crippen LogP contribution in [0.25, 0.3) is 0 Å². The Labute approximate surface area is 159 Å². The van der Waals surface area contributed by atoms with Gasteiger partial charge in [0.25, 0.3) is 5.91 Å². The summed E-state index contributed by atoms with van der Waals surface area (Å²) in [6.07, 6.45) is 0. The quantitative estimate of drug-likeness (QED) is 0.732. The second-order valence-corrected chi connectivity index (χ2v) is 6.30. The lowest BCUT2D eigenvalue weighted by Gasteiger charge is -2.10. The van der Waals surface area contributed by atoms with Gasteiger partial charge in [0.05, 0.1) is 33.4 Å². The third kappa shape index (κ3) is 5.01. The molecule has 8 heteroatoms. The standard InChI is InChI=1S/C17H14Cl3NO4/c1-9-3-4-14(11(18)5-9)21-15(22)8-25-17(23)10-6-12(19)16(24-2)13(20)7-10/h3-7H,8H2,1-2H3,(H,21,22). The van der Waals surface area contributed by atoms with Crippen LogP contribution in [-0.4, -0.2) is 25.6 Å². The number of carbonyl (C=O) groups excluding carboxylic acids is 2. The van der Waals surface area contributed by atoms with Crippen LogP contribution in [0.15, 0.2) is 30.3 Å². The van der Waals surface area contributed by atoms with Gasteiger partial charge in [0.2, 0.25) is 0 Å². The average Bonchev–Trinajstić information content (AvgIpc) is 2.55. The van der Waals surface area contributed by atoms with Crippen molar-refractivity contribution in [1.29, 1.82) is 0 Å². The van der Waals surface area contributed by atoms with E-state index in [9.17, 15) is 9.59 Å². The number of carbonyl (C=O) groups is 2. The topological polar surface area (TPSA) is 64.6 Å². The highest BCUT2D eigenvalue weighted by Crippen LogP contribution is 2.34. The van der Waals surface area contributed by atoms with Crippen molar-refractivity contribution in [2.24, 2.45) is 0 Å². The Balaban J connectivity index is 1.98. The maximum Gasteiger partial charge on any atom is 0.338 e. The molecule has 1 N–H and O–H groups in total. The van der Waals surface area contributed by atoms with Crippen molar-refractivity contribution in [2.75, 3.05) is 19.0 Å². The molecule has 132 valence electrons. The van der Waals surface area contributed by atoms with Crippen LogP contribution in [0.5, 0.6) is 5.75 Å². The number of halogens is 3. The first kappa shape index (κ1) is 19.4. The molecule has 0 saturated heterocycles. The summed E-state index contributed by atoms with van der Waals surface area (Å²) in [5.41, 5.74) is 1.50. The van der Waals surface area contributed by atoms with E-state index in [1.165, 1.54) is 19.2 Å². The minimum Gasteiger partial charge on any atom is -0.494 e. The minimum atomic E-state index is -0.739. The van der Waals surface area contributed by atoms with Gasteiger partial charge in [0, 0.05) is 0 Å². The summed E-state index contributed by atoms with van der Waals surface area (Å²) in [5.74, 6) is -1.01. The van der Waals surface area contributed by atoms with Crippen LogP contribution in [0.2, 0.25) is 15.1 Å². The van der Waals surface area contributed by atoms with Crippen molar-refractivity contribution in [2.45, 2.75) is 6.92 Å². The summed E-state index contributed by atoms with van der Waals surface area (Å²) in [7, 11) is 1.41. The zero-order valence-corrected chi connectivity index (χ0v) is 15.6. The van der Waals surface area contributed by atoms with Crippen molar-refractivity contribution < 1.29 is 19.1 Å². The number of rotatable bonds is 5. The molecule has 0 radical (unpaired) electrons. The van der Waals surface area contributed by atoms with E-state index in [0.29, 0.717) is 10.7 Å². The Bertz CT molecular complexity index is 801. The molecule has 25 heavy (non-hydrogen) atoms.